The minimum Gasteiger partial charge on any atom is -0.497 e. The zero-order valence-corrected chi connectivity index (χ0v) is 11.4. The van der Waals surface area contributed by atoms with E-state index in [1.807, 2.05) is 0 Å². The summed E-state index contributed by atoms with van der Waals surface area (Å²) in [6.07, 6.45) is -0.162. The quantitative estimate of drug-likeness (QED) is 0.653. The molecule has 0 aliphatic heterocycles. The van der Waals surface area contributed by atoms with Gasteiger partial charge in [0.25, 0.3) is 0 Å². The van der Waals surface area contributed by atoms with Crippen molar-refractivity contribution in [2.45, 2.75) is 19.8 Å². The Hall–Kier alpha value is -2.48. The lowest BCUT2D eigenvalue weighted by Gasteiger charge is -2.05. The van der Waals surface area contributed by atoms with Gasteiger partial charge in [-0.1, -0.05) is 17.9 Å². The number of hydrogen-bond acceptors (Lipinski definition) is 4. The van der Waals surface area contributed by atoms with Crippen LogP contribution >= 0.6 is 0 Å². The molecule has 0 amide bonds. The Balaban J connectivity index is 2.92. The van der Waals surface area contributed by atoms with Crippen LogP contribution in [0.2, 0.25) is 0 Å². The van der Waals surface area contributed by atoms with Gasteiger partial charge in [-0.3, -0.25) is 9.59 Å². The van der Waals surface area contributed by atoms with Crippen molar-refractivity contribution in [2.75, 3.05) is 13.7 Å². The Labute approximate surface area is 117 Å². The minimum absolute atomic E-state index is 0.0302. The number of methoxy groups -OCH3 is 1. The molecule has 106 valence electrons. The molecular formula is C15H16O5. The predicted octanol–water partition coefficient (Wildman–Crippen LogP) is 1.63. The monoisotopic (exact) mass is 276 g/mol. The topological polar surface area (TPSA) is 72.8 Å². The fourth-order valence-corrected chi connectivity index (χ4v) is 1.54. The summed E-state index contributed by atoms with van der Waals surface area (Å²) in [4.78, 5) is 22.0. The Kier molecular flexibility index (Phi) is 6.11. The average molecular weight is 276 g/mol. The lowest BCUT2D eigenvalue weighted by atomic mass is 10.0. The molecule has 0 heterocycles. The van der Waals surface area contributed by atoms with Gasteiger partial charge in [0.2, 0.25) is 0 Å². The fourth-order valence-electron chi connectivity index (χ4n) is 1.54. The van der Waals surface area contributed by atoms with Crippen LogP contribution in [0.4, 0.5) is 0 Å². The standard InChI is InChI=1S/C15H16O5/c1-3-20-15(18)6-4-5-11-9-13(19-2)8-7-12(11)10-14(16)17/h7-9H,3,6,10H2,1-2H3,(H,16,17). The van der Waals surface area contributed by atoms with Gasteiger partial charge in [0, 0.05) is 5.56 Å². The highest BCUT2D eigenvalue weighted by atomic mass is 16.5. The summed E-state index contributed by atoms with van der Waals surface area (Å²) in [6.45, 7) is 2.03. The Morgan fingerprint density at radius 2 is 2.10 bits per heavy atom. The first-order chi connectivity index (χ1) is 9.56. The van der Waals surface area contributed by atoms with Gasteiger partial charge < -0.3 is 14.6 Å². The average Bonchev–Trinajstić information content (AvgIpc) is 2.40. The van der Waals surface area contributed by atoms with Gasteiger partial charge in [0.1, 0.15) is 12.2 Å². The molecule has 0 saturated carbocycles. The number of carbonyl (C=O) groups is 2. The van der Waals surface area contributed by atoms with E-state index in [0.717, 1.165) is 0 Å². The van der Waals surface area contributed by atoms with Gasteiger partial charge in [-0.05, 0) is 24.6 Å². The van der Waals surface area contributed by atoms with Crippen molar-refractivity contribution < 1.29 is 24.2 Å². The highest BCUT2D eigenvalue weighted by molar-refractivity contribution is 5.73. The summed E-state index contributed by atoms with van der Waals surface area (Å²) in [5.41, 5.74) is 1.12. The van der Waals surface area contributed by atoms with E-state index in [1.54, 1.807) is 25.1 Å². The molecular weight excluding hydrogens is 260 g/mol. The third-order valence-corrected chi connectivity index (χ3v) is 2.42. The van der Waals surface area contributed by atoms with Crippen molar-refractivity contribution in [1.82, 2.24) is 0 Å². The molecule has 20 heavy (non-hydrogen) atoms. The first-order valence-electron chi connectivity index (χ1n) is 6.10. The van der Waals surface area contributed by atoms with Crippen molar-refractivity contribution in [3.63, 3.8) is 0 Å². The SMILES string of the molecule is CCOC(=O)CC#Cc1cc(OC)ccc1CC(=O)O. The van der Waals surface area contributed by atoms with E-state index < -0.39 is 11.9 Å². The van der Waals surface area contributed by atoms with Crippen LogP contribution in [-0.2, 0) is 20.7 Å². The Morgan fingerprint density at radius 3 is 2.70 bits per heavy atom. The molecule has 0 radical (unpaired) electrons. The Bertz CT molecular complexity index is 551. The zero-order chi connectivity index (χ0) is 15.0. The van der Waals surface area contributed by atoms with E-state index in [1.165, 1.54) is 7.11 Å². The third-order valence-electron chi connectivity index (χ3n) is 2.42. The largest absolute Gasteiger partial charge is 0.497 e. The first-order valence-corrected chi connectivity index (χ1v) is 6.10. The molecule has 1 aromatic carbocycles. The molecule has 0 aromatic heterocycles. The van der Waals surface area contributed by atoms with E-state index in [-0.39, 0.29) is 12.8 Å². The molecule has 0 atom stereocenters. The second kappa shape index (κ2) is 7.85. The van der Waals surface area contributed by atoms with Crippen LogP contribution < -0.4 is 4.74 Å². The number of carboxylic acids is 1. The summed E-state index contributed by atoms with van der Waals surface area (Å²) >= 11 is 0. The summed E-state index contributed by atoms with van der Waals surface area (Å²) in [5, 5.41) is 8.85. The van der Waals surface area contributed by atoms with Crippen molar-refractivity contribution in [3.8, 4) is 17.6 Å². The van der Waals surface area contributed by atoms with Gasteiger partial charge in [-0.2, -0.15) is 0 Å². The summed E-state index contributed by atoms with van der Waals surface area (Å²) in [7, 11) is 1.52. The maximum Gasteiger partial charge on any atom is 0.317 e. The molecule has 1 N–H and O–H groups in total. The van der Waals surface area contributed by atoms with Crippen LogP contribution in [0.5, 0.6) is 5.75 Å². The minimum atomic E-state index is -0.941. The molecule has 0 aliphatic rings. The normalized spacial score (nSPS) is 9.30. The molecule has 0 unspecified atom stereocenters. The summed E-state index contributed by atoms with van der Waals surface area (Å²) in [6, 6.07) is 4.98. The van der Waals surface area contributed by atoms with Crippen molar-refractivity contribution in [3.05, 3.63) is 29.3 Å². The van der Waals surface area contributed by atoms with Crippen LogP contribution in [0, 0.1) is 11.8 Å². The second-order valence-corrected chi connectivity index (χ2v) is 3.88. The lowest BCUT2D eigenvalue weighted by molar-refractivity contribution is -0.142. The third kappa shape index (κ3) is 5.02. The zero-order valence-electron chi connectivity index (χ0n) is 11.4. The van der Waals surface area contributed by atoms with Crippen LogP contribution in [0.15, 0.2) is 18.2 Å². The number of aliphatic carboxylic acids is 1. The molecule has 1 rings (SSSR count). The summed E-state index contributed by atoms with van der Waals surface area (Å²) in [5.74, 6) is 4.71. The van der Waals surface area contributed by atoms with E-state index in [4.69, 9.17) is 14.6 Å². The van der Waals surface area contributed by atoms with Crippen LogP contribution in [0.1, 0.15) is 24.5 Å². The molecule has 0 spiro atoms. The molecule has 0 fully saturated rings. The fraction of sp³-hybridized carbons (Fsp3) is 0.333. The molecule has 5 nitrogen and oxygen atoms in total. The van der Waals surface area contributed by atoms with E-state index in [0.29, 0.717) is 23.5 Å². The van der Waals surface area contributed by atoms with Gasteiger partial charge in [0.05, 0.1) is 20.1 Å². The van der Waals surface area contributed by atoms with Gasteiger partial charge in [-0.25, -0.2) is 0 Å². The lowest BCUT2D eigenvalue weighted by Crippen LogP contribution is -2.03. The number of ether oxygens (including phenoxy) is 2. The smallest absolute Gasteiger partial charge is 0.317 e. The second-order valence-electron chi connectivity index (χ2n) is 3.88. The number of hydrogen-bond donors (Lipinski definition) is 1. The number of carbonyl (C=O) groups excluding carboxylic acids is 1. The first kappa shape index (κ1) is 15.6. The van der Waals surface area contributed by atoms with E-state index in [2.05, 4.69) is 11.8 Å². The summed E-state index contributed by atoms with van der Waals surface area (Å²) < 4.78 is 9.83. The molecule has 5 heteroatoms. The van der Waals surface area contributed by atoms with Crippen LogP contribution in [0.3, 0.4) is 0 Å². The molecule has 0 bridgehead atoms. The van der Waals surface area contributed by atoms with E-state index in [9.17, 15) is 9.59 Å². The highest BCUT2D eigenvalue weighted by Gasteiger charge is 2.07. The predicted molar refractivity (Wildman–Crippen MR) is 72.5 cm³/mol. The van der Waals surface area contributed by atoms with Crippen molar-refractivity contribution in [1.29, 1.82) is 0 Å². The highest BCUT2D eigenvalue weighted by Crippen LogP contribution is 2.17. The molecule has 0 saturated heterocycles. The van der Waals surface area contributed by atoms with Crippen LogP contribution in [0.25, 0.3) is 0 Å². The van der Waals surface area contributed by atoms with Gasteiger partial charge >= 0.3 is 11.9 Å². The maximum atomic E-state index is 11.2. The number of esters is 1. The molecule has 0 aliphatic carbocycles. The van der Waals surface area contributed by atoms with Crippen molar-refractivity contribution in [2.24, 2.45) is 0 Å². The van der Waals surface area contributed by atoms with Crippen LogP contribution in [-0.4, -0.2) is 30.8 Å². The number of rotatable bonds is 5. The van der Waals surface area contributed by atoms with Gasteiger partial charge in [-0.15, -0.1) is 0 Å². The maximum absolute atomic E-state index is 11.2. The van der Waals surface area contributed by atoms with Crippen molar-refractivity contribution >= 4 is 11.9 Å². The Morgan fingerprint density at radius 1 is 1.35 bits per heavy atom. The number of benzene rings is 1. The van der Waals surface area contributed by atoms with Gasteiger partial charge in [0.15, 0.2) is 0 Å². The van der Waals surface area contributed by atoms with E-state index >= 15 is 0 Å². The molecule has 1 aromatic rings. The number of carboxylic acid groups (broad SMARTS) is 1.